The largest absolute Gasteiger partial charge is 0.508 e. The average Bonchev–Trinajstić information content (AvgIpc) is 2.26. The Morgan fingerprint density at radius 1 is 0.889 bits per heavy atom. The molecule has 0 spiro atoms. The van der Waals surface area contributed by atoms with Gasteiger partial charge in [0.1, 0.15) is 11.5 Å². The standard InChI is InChI=1S/C15H23NO2/c1-12(13-9-14(17)11-15(18)10-13)16-7-5-3-2-4-6-8-16/h9-12,17-18H,2-8H2,1H3. The first kappa shape index (κ1) is 13.2. The van der Waals surface area contributed by atoms with Crippen molar-refractivity contribution in [1.82, 2.24) is 4.90 Å². The molecule has 1 aliphatic rings. The molecule has 0 aromatic heterocycles. The maximum absolute atomic E-state index is 9.56. The number of rotatable bonds is 2. The van der Waals surface area contributed by atoms with Gasteiger partial charge >= 0.3 is 0 Å². The molecule has 1 saturated heterocycles. The van der Waals surface area contributed by atoms with E-state index in [9.17, 15) is 10.2 Å². The Bertz CT molecular complexity index is 364. The molecule has 3 nitrogen and oxygen atoms in total. The Hall–Kier alpha value is -1.22. The van der Waals surface area contributed by atoms with E-state index in [-0.39, 0.29) is 17.5 Å². The summed E-state index contributed by atoms with van der Waals surface area (Å²) in [6, 6.07) is 5.14. The summed E-state index contributed by atoms with van der Waals surface area (Å²) in [5.74, 6) is 0.285. The first-order valence-corrected chi connectivity index (χ1v) is 6.94. The molecule has 0 saturated carbocycles. The summed E-state index contributed by atoms with van der Waals surface area (Å²) >= 11 is 0. The maximum Gasteiger partial charge on any atom is 0.119 e. The van der Waals surface area contributed by atoms with Gasteiger partial charge in [-0.05, 0) is 50.6 Å². The quantitative estimate of drug-likeness (QED) is 0.844. The van der Waals surface area contributed by atoms with E-state index in [4.69, 9.17) is 0 Å². The number of phenols is 2. The lowest BCUT2D eigenvalue weighted by molar-refractivity contribution is 0.191. The van der Waals surface area contributed by atoms with Crippen molar-refractivity contribution in [2.75, 3.05) is 13.1 Å². The van der Waals surface area contributed by atoms with Crippen LogP contribution in [0.2, 0.25) is 0 Å². The third-order valence-corrected chi connectivity index (χ3v) is 3.85. The second-order valence-electron chi connectivity index (χ2n) is 5.26. The van der Waals surface area contributed by atoms with Gasteiger partial charge in [-0.1, -0.05) is 19.3 Å². The first-order valence-electron chi connectivity index (χ1n) is 6.94. The Balaban J connectivity index is 2.10. The molecule has 100 valence electrons. The predicted molar refractivity (Wildman–Crippen MR) is 72.8 cm³/mol. The lowest BCUT2D eigenvalue weighted by Crippen LogP contribution is -2.30. The van der Waals surface area contributed by atoms with Gasteiger partial charge in [-0.15, -0.1) is 0 Å². The topological polar surface area (TPSA) is 43.7 Å². The van der Waals surface area contributed by atoms with Crippen LogP contribution in [0.15, 0.2) is 18.2 Å². The Morgan fingerprint density at radius 3 is 1.94 bits per heavy atom. The van der Waals surface area contributed by atoms with E-state index in [2.05, 4.69) is 11.8 Å². The molecule has 18 heavy (non-hydrogen) atoms. The van der Waals surface area contributed by atoms with Crippen LogP contribution < -0.4 is 0 Å². The smallest absolute Gasteiger partial charge is 0.119 e. The molecule has 1 aromatic rings. The van der Waals surface area contributed by atoms with Crippen LogP contribution in [0.5, 0.6) is 11.5 Å². The van der Waals surface area contributed by atoms with Crippen molar-refractivity contribution < 1.29 is 10.2 Å². The molecule has 1 heterocycles. The summed E-state index contributed by atoms with van der Waals surface area (Å²) in [6.45, 7) is 4.37. The molecule has 3 heteroatoms. The number of nitrogens with zero attached hydrogens (tertiary/aromatic N) is 1. The molecule has 1 aromatic carbocycles. The molecule has 0 amide bonds. The van der Waals surface area contributed by atoms with Gasteiger partial charge in [-0.2, -0.15) is 0 Å². The second kappa shape index (κ2) is 6.10. The number of hydrogen-bond acceptors (Lipinski definition) is 3. The van der Waals surface area contributed by atoms with E-state index in [1.165, 1.54) is 38.2 Å². The number of hydrogen-bond donors (Lipinski definition) is 2. The zero-order valence-electron chi connectivity index (χ0n) is 11.1. The van der Waals surface area contributed by atoms with Crippen LogP contribution in [-0.4, -0.2) is 28.2 Å². The number of phenolic OH excluding ortho intramolecular Hbond substituents is 2. The van der Waals surface area contributed by atoms with Crippen molar-refractivity contribution in [3.63, 3.8) is 0 Å². The van der Waals surface area contributed by atoms with Crippen LogP contribution in [-0.2, 0) is 0 Å². The van der Waals surface area contributed by atoms with E-state index in [1.807, 2.05) is 0 Å². The zero-order chi connectivity index (χ0) is 13.0. The van der Waals surface area contributed by atoms with Crippen LogP contribution in [0, 0.1) is 0 Å². The lowest BCUT2D eigenvalue weighted by atomic mass is 10.0. The molecular weight excluding hydrogens is 226 g/mol. The molecule has 1 aliphatic heterocycles. The molecule has 0 aliphatic carbocycles. The predicted octanol–water partition coefficient (Wildman–Crippen LogP) is 3.42. The zero-order valence-corrected chi connectivity index (χ0v) is 11.1. The van der Waals surface area contributed by atoms with Gasteiger partial charge in [-0.25, -0.2) is 0 Å². The average molecular weight is 249 g/mol. The second-order valence-corrected chi connectivity index (χ2v) is 5.26. The Morgan fingerprint density at radius 2 is 1.39 bits per heavy atom. The van der Waals surface area contributed by atoms with Crippen molar-refractivity contribution in [2.45, 2.75) is 45.1 Å². The lowest BCUT2D eigenvalue weighted by Gasteiger charge is -2.31. The summed E-state index contributed by atoms with van der Waals surface area (Å²) in [4.78, 5) is 2.45. The minimum absolute atomic E-state index is 0.142. The highest BCUT2D eigenvalue weighted by atomic mass is 16.3. The fourth-order valence-corrected chi connectivity index (χ4v) is 2.73. The molecule has 0 bridgehead atoms. The first-order chi connectivity index (χ1) is 8.66. The van der Waals surface area contributed by atoms with Crippen LogP contribution >= 0.6 is 0 Å². The number of benzene rings is 1. The van der Waals surface area contributed by atoms with Crippen LogP contribution in [0.1, 0.15) is 50.6 Å². The van der Waals surface area contributed by atoms with E-state index in [0.717, 1.165) is 18.7 Å². The van der Waals surface area contributed by atoms with Crippen molar-refractivity contribution in [2.24, 2.45) is 0 Å². The number of aromatic hydroxyl groups is 2. The van der Waals surface area contributed by atoms with Gasteiger partial charge in [0.2, 0.25) is 0 Å². The van der Waals surface area contributed by atoms with E-state index < -0.39 is 0 Å². The summed E-state index contributed by atoms with van der Waals surface area (Å²) < 4.78 is 0. The molecule has 2 rings (SSSR count). The minimum atomic E-state index is 0.142. The third kappa shape index (κ3) is 3.39. The summed E-state index contributed by atoms with van der Waals surface area (Å²) in [5, 5.41) is 19.1. The van der Waals surface area contributed by atoms with Gasteiger partial charge in [0.15, 0.2) is 0 Å². The third-order valence-electron chi connectivity index (χ3n) is 3.85. The normalized spacial score (nSPS) is 20.1. The van der Waals surface area contributed by atoms with E-state index >= 15 is 0 Å². The summed E-state index contributed by atoms with van der Waals surface area (Å²) in [5.41, 5.74) is 0.994. The number of likely N-dealkylation sites (tertiary alicyclic amines) is 1. The highest BCUT2D eigenvalue weighted by Crippen LogP contribution is 2.29. The van der Waals surface area contributed by atoms with Crippen LogP contribution in [0.4, 0.5) is 0 Å². The van der Waals surface area contributed by atoms with Crippen LogP contribution in [0.3, 0.4) is 0 Å². The van der Waals surface area contributed by atoms with Gasteiger partial charge in [0.25, 0.3) is 0 Å². The molecular formula is C15H23NO2. The van der Waals surface area contributed by atoms with Crippen LogP contribution in [0.25, 0.3) is 0 Å². The summed E-state index contributed by atoms with van der Waals surface area (Å²) in [7, 11) is 0. The van der Waals surface area contributed by atoms with Crippen molar-refractivity contribution in [3.8, 4) is 11.5 Å². The van der Waals surface area contributed by atoms with E-state index in [0.29, 0.717) is 0 Å². The van der Waals surface area contributed by atoms with Gasteiger partial charge < -0.3 is 10.2 Å². The maximum atomic E-state index is 9.56. The summed E-state index contributed by atoms with van der Waals surface area (Å²) in [6.07, 6.45) is 6.47. The van der Waals surface area contributed by atoms with E-state index in [1.54, 1.807) is 12.1 Å². The minimum Gasteiger partial charge on any atom is -0.508 e. The fourth-order valence-electron chi connectivity index (χ4n) is 2.73. The van der Waals surface area contributed by atoms with Crippen molar-refractivity contribution >= 4 is 0 Å². The SMILES string of the molecule is CC(c1cc(O)cc(O)c1)N1CCCCCCC1. The fraction of sp³-hybridized carbons (Fsp3) is 0.600. The molecule has 1 unspecified atom stereocenters. The highest BCUT2D eigenvalue weighted by molar-refractivity contribution is 5.37. The molecule has 0 radical (unpaired) electrons. The van der Waals surface area contributed by atoms with Crippen molar-refractivity contribution in [1.29, 1.82) is 0 Å². The monoisotopic (exact) mass is 249 g/mol. The molecule has 1 atom stereocenters. The molecule has 1 fully saturated rings. The van der Waals surface area contributed by atoms with Gasteiger partial charge in [-0.3, -0.25) is 4.90 Å². The Labute approximate surface area is 109 Å². The van der Waals surface area contributed by atoms with Gasteiger partial charge in [0.05, 0.1) is 0 Å². The highest BCUT2D eigenvalue weighted by Gasteiger charge is 2.17. The van der Waals surface area contributed by atoms with Crippen molar-refractivity contribution in [3.05, 3.63) is 23.8 Å². The Kier molecular flexibility index (Phi) is 4.48. The molecule has 2 N–H and O–H groups in total. The van der Waals surface area contributed by atoms with Gasteiger partial charge in [0, 0.05) is 12.1 Å².